The zero-order valence-electron chi connectivity index (χ0n) is 17.0. The second kappa shape index (κ2) is 24.5. The van der Waals surface area contributed by atoms with Gasteiger partial charge in [0.15, 0.2) is 0 Å². The van der Waals surface area contributed by atoms with Crippen molar-refractivity contribution >= 4 is 0 Å². The maximum atomic E-state index is 3.74. The topological polar surface area (TPSA) is 42.3 Å². The Labute approximate surface area is 166 Å². The van der Waals surface area contributed by atoms with Crippen molar-refractivity contribution in [3.63, 3.8) is 0 Å². The first-order chi connectivity index (χ1) is 10.3. The van der Waals surface area contributed by atoms with Crippen LogP contribution in [0.3, 0.4) is 0 Å². The molecule has 0 saturated heterocycles. The molecule has 0 aromatic heterocycles. The summed E-state index contributed by atoms with van der Waals surface area (Å²) >= 11 is 0. The molecule has 23 heavy (non-hydrogen) atoms. The van der Waals surface area contributed by atoms with Crippen LogP contribution in [-0.2, 0) is 26.2 Å². The molecule has 0 saturated carbocycles. The third-order valence-electron chi connectivity index (χ3n) is 2.44. The average Bonchev–Trinajstić information content (AvgIpc) is 2.98. The van der Waals surface area contributed by atoms with E-state index < -0.39 is 0 Å². The molecule has 0 aliphatic heterocycles. The van der Waals surface area contributed by atoms with Crippen LogP contribution in [-0.4, -0.2) is 40.8 Å². The standard InChI is InChI=1S/C10H15.3C3H8N.Zr/c1-10(2,3)8-9-6-4-5-7-9;3*1-3-4-2;/h4,6H,5,8H2,1-3H3;3*3H2,1-2H3;/q4*-1;+4. The van der Waals surface area contributed by atoms with Crippen LogP contribution in [0.25, 0.3) is 16.0 Å². The Bertz CT molecular complexity index is 240. The van der Waals surface area contributed by atoms with Gasteiger partial charge in [0.05, 0.1) is 0 Å². The summed E-state index contributed by atoms with van der Waals surface area (Å²) in [5.74, 6) is 0. The Morgan fingerprint density at radius 2 is 1.26 bits per heavy atom. The third-order valence-corrected chi connectivity index (χ3v) is 2.44. The van der Waals surface area contributed by atoms with Crippen LogP contribution in [0, 0.1) is 11.5 Å². The molecule has 0 radical (unpaired) electrons. The maximum absolute atomic E-state index is 3.74. The van der Waals surface area contributed by atoms with Gasteiger partial charge in [-0.05, 0) is 5.41 Å². The van der Waals surface area contributed by atoms with Gasteiger partial charge in [-0.3, -0.25) is 6.08 Å². The Morgan fingerprint density at radius 1 is 0.913 bits per heavy atom. The normalized spacial score (nSPS) is 11.6. The van der Waals surface area contributed by atoms with Gasteiger partial charge in [0.2, 0.25) is 0 Å². The van der Waals surface area contributed by atoms with Crippen molar-refractivity contribution in [2.75, 3.05) is 40.8 Å². The van der Waals surface area contributed by atoms with Gasteiger partial charge in [0.25, 0.3) is 0 Å². The van der Waals surface area contributed by atoms with E-state index in [0.717, 1.165) is 32.5 Å². The van der Waals surface area contributed by atoms with Crippen LogP contribution < -0.4 is 0 Å². The second-order valence-corrected chi connectivity index (χ2v) is 5.94. The molecule has 1 aliphatic rings. The Hall–Kier alpha value is 0.243. The van der Waals surface area contributed by atoms with Crippen LogP contribution in [0.15, 0.2) is 17.7 Å². The molecule has 0 aromatic carbocycles. The monoisotopic (exact) mass is 399 g/mol. The summed E-state index contributed by atoms with van der Waals surface area (Å²) in [5, 5.41) is 11.2. The number of rotatable bonds is 4. The number of hydrogen-bond acceptors (Lipinski definition) is 0. The maximum Gasteiger partial charge on any atom is 4.00 e. The summed E-state index contributed by atoms with van der Waals surface area (Å²) < 4.78 is 0. The molecule has 0 spiro atoms. The molecule has 0 atom stereocenters. The van der Waals surface area contributed by atoms with E-state index in [-0.39, 0.29) is 26.2 Å². The number of hydrogen-bond donors (Lipinski definition) is 0. The fourth-order valence-electron chi connectivity index (χ4n) is 1.14. The molecule has 0 aromatic rings. The quantitative estimate of drug-likeness (QED) is 0.509. The van der Waals surface area contributed by atoms with Gasteiger partial charge in [-0.25, -0.2) is 11.6 Å². The van der Waals surface area contributed by atoms with Gasteiger partial charge in [-0.15, -0.1) is 6.42 Å². The zero-order chi connectivity index (χ0) is 17.9. The van der Waals surface area contributed by atoms with Crippen molar-refractivity contribution in [3.05, 3.63) is 39.8 Å². The first-order valence-electron chi connectivity index (χ1n) is 8.25. The fourth-order valence-corrected chi connectivity index (χ4v) is 1.14. The van der Waals surface area contributed by atoms with E-state index in [9.17, 15) is 0 Å². The van der Waals surface area contributed by atoms with Gasteiger partial charge < -0.3 is 16.0 Å². The van der Waals surface area contributed by atoms with E-state index in [0.29, 0.717) is 5.41 Å². The largest absolute Gasteiger partial charge is 4.00 e. The summed E-state index contributed by atoms with van der Waals surface area (Å²) in [6, 6.07) is 0. The first-order valence-corrected chi connectivity index (χ1v) is 8.25. The Kier molecular flexibility index (Phi) is 33.1. The van der Waals surface area contributed by atoms with Crippen LogP contribution in [0.4, 0.5) is 0 Å². The first kappa shape index (κ1) is 31.1. The van der Waals surface area contributed by atoms with E-state index in [1.54, 1.807) is 21.1 Å². The van der Waals surface area contributed by atoms with E-state index in [1.807, 2.05) is 20.8 Å². The number of allylic oxidation sites excluding steroid dienone is 4. The molecular formula is C19H39N3Zr. The minimum atomic E-state index is 0. The van der Waals surface area contributed by atoms with Crippen LogP contribution >= 0.6 is 0 Å². The minimum absolute atomic E-state index is 0. The smallest absolute Gasteiger partial charge is 0.665 e. The summed E-state index contributed by atoms with van der Waals surface area (Å²) in [6.07, 6.45) is 9.85. The Morgan fingerprint density at radius 3 is 1.43 bits per heavy atom. The van der Waals surface area contributed by atoms with Crippen molar-refractivity contribution in [1.82, 2.24) is 0 Å². The predicted molar refractivity (Wildman–Crippen MR) is 104 cm³/mol. The molecule has 4 heteroatoms. The van der Waals surface area contributed by atoms with Crippen LogP contribution in [0.1, 0.15) is 54.4 Å². The average molecular weight is 401 g/mol. The second-order valence-electron chi connectivity index (χ2n) is 5.94. The minimum Gasteiger partial charge on any atom is -0.665 e. The Balaban J connectivity index is -0.000000118. The van der Waals surface area contributed by atoms with E-state index in [2.05, 4.69) is 54.9 Å². The van der Waals surface area contributed by atoms with Gasteiger partial charge in [0, 0.05) is 0 Å². The summed E-state index contributed by atoms with van der Waals surface area (Å²) in [6.45, 7) is 15.6. The summed E-state index contributed by atoms with van der Waals surface area (Å²) in [4.78, 5) is 0. The van der Waals surface area contributed by atoms with Crippen LogP contribution in [0.5, 0.6) is 0 Å². The molecular weight excluding hydrogens is 361 g/mol. The molecule has 1 aliphatic carbocycles. The summed E-state index contributed by atoms with van der Waals surface area (Å²) in [7, 11) is 5.42. The third kappa shape index (κ3) is 39.2. The van der Waals surface area contributed by atoms with Crippen molar-refractivity contribution < 1.29 is 26.2 Å². The number of nitrogens with zero attached hydrogens (tertiary/aromatic N) is 3. The predicted octanol–water partition coefficient (Wildman–Crippen LogP) is 6.14. The van der Waals surface area contributed by atoms with E-state index in [1.165, 1.54) is 5.57 Å². The molecule has 0 heterocycles. The molecule has 0 N–H and O–H groups in total. The van der Waals surface area contributed by atoms with Crippen molar-refractivity contribution in [1.29, 1.82) is 0 Å². The molecule has 1 rings (SSSR count). The van der Waals surface area contributed by atoms with Crippen molar-refractivity contribution in [3.8, 4) is 0 Å². The zero-order valence-corrected chi connectivity index (χ0v) is 19.5. The SMILES string of the molecule is CC(C)(C)CC1=[C-]CC=C1.CC[N-]C.CC[N-]C.CC[N-]C.[Zr+4]. The summed E-state index contributed by atoms with van der Waals surface area (Å²) in [5.41, 5.74) is 1.80. The van der Waals surface area contributed by atoms with Gasteiger partial charge in [-0.2, -0.15) is 46.9 Å². The van der Waals surface area contributed by atoms with Crippen molar-refractivity contribution in [2.24, 2.45) is 5.41 Å². The molecule has 134 valence electrons. The molecule has 0 unspecified atom stereocenters. The van der Waals surface area contributed by atoms with E-state index >= 15 is 0 Å². The van der Waals surface area contributed by atoms with Gasteiger partial charge in [0.1, 0.15) is 0 Å². The molecule has 0 amide bonds. The van der Waals surface area contributed by atoms with E-state index in [4.69, 9.17) is 0 Å². The molecule has 3 nitrogen and oxygen atoms in total. The van der Waals surface area contributed by atoms with Gasteiger partial charge >= 0.3 is 26.2 Å². The van der Waals surface area contributed by atoms with Crippen LogP contribution in [0.2, 0.25) is 0 Å². The van der Waals surface area contributed by atoms with Gasteiger partial charge in [-0.1, -0.05) is 48.0 Å². The molecule has 0 bridgehead atoms. The molecule has 0 fully saturated rings. The van der Waals surface area contributed by atoms with Crippen molar-refractivity contribution in [2.45, 2.75) is 54.4 Å². The fraction of sp³-hybridized carbons (Fsp3) is 0.789.